The molecule has 0 aromatic heterocycles. The maximum atomic E-state index is 11.1. The third-order valence-corrected chi connectivity index (χ3v) is 4.46. The number of aliphatic hydroxyl groups is 1. The Morgan fingerprint density at radius 1 is 1.21 bits per heavy atom. The molecule has 1 aliphatic rings. The molecular weight excluding hydrogens is 240 g/mol. The fraction of sp³-hybridized carbons (Fsp3) is 0.625. The third kappa shape index (κ3) is 2.57. The fourth-order valence-corrected chi connectivity index (χ4v) is 3.19. The van der Waals surface area contributed by atoms with Gasteiger partial charge in [0.1, 0.15) is 11.5 Å². The van der Waals surface area contributed by atoms with Gasteiger partial charge in [0.2, 0.25) is 0 Å². The van der Waals surface area contributed by atoms with Crippen LogP contribution >= 0.6 is 0 Å². The van der Waals surface area contributed by atoms with Crippen LogP contribution in [0.1, 0.15) is 38.7 Å². The standard InChI is InChI=1S/C16H24O3/c1-11-7-8-16(17,12(2)9-11)14-6-5-13(18-3)10-15(14)19-4/h5-6,10-12,17H,7-9H2,1-4H3. The van der Waals surface area contributed by atoms with Gasteiger partial charge in [-0.1, -0.05) is 13.8 Å². The molecule has 0 spiro atoms. The molecule has 0 bridgehead atoms. The molecule has 106 valence electrons. The van der Waals surface area contributed by atoms with E-state index in [2.05, 4.69) is 13.8 Å². The van der Waals surface area contributed by atoms with Crippen molar-refractivity contribution in [2.24, 2.45) is 11.8 Å². The first-order chi connectivity index (χ1) is 9.01. The van der Waals surface area contributed by atoms with Gasteiger partial charge in [-0.2, -0.15) is 0 Å². The molecule has 1 aromatic carbocycles. The van der Waals surface area contributed by atoms with Crippen molar-refractivity contribution in [3.05, 3.63) is 23.8 Å². The van der Waals surface area contributed by atoms with Gasteiger partial charge in [-0.05, 0) is 43.2 Å². The van der Waals surface area contributed by atoms with Crippen molar-refractivity contribution in [3.63, 3.8) is 0 Å². The lowest BCUT2D eigenvalue weighted by molar-refractivity contribution is -0.0602. The smallest absolute Gasteiger partial charge is 0.128 e. The Labute approximate surface area is 115 Å². The summed E-state index contributed by atoms with van der Waals surface area (Å²) in [5.41, 5.74) is 0.0969. The second kappa shape index (κ2) is 5.41. The molecule has 0 saturated heterocycles. The van der Waals surface area contributed by atoms with Crippen molar-refractivity contribution in [2.75, 3.05) is 14.2 Å². The van der Waals surface area contributed by atoms with Crippen molar-refractivity contribution < 1.29 is 14.6 Å². The Kier molecular flexibility index (Phi) is 4.04. The third-order valence-electron chi connectivity index (χ3n) is 4.46. The molecule has 2 rings (SSSR count). The Balaban J connectivity index is 2.39. The molecule has 1 saturated carbocycles. The minimum atomic E-state index is -0.788. The summed E-state index contributed by atoms with van der Waals surface area (Å²) in [7, 11) is 3.27. The van der Waals surface area contributed by atoms with Crippen molar-refractivity contribution in [3.8, 4) is 11.5 Å². The van der Waals surface area contributed by atoms with Gasteiger partial charge in [0, 0.05) is 11.6 Å². The molecular formula is C16H24O3. The summed E-state index contributed by atoms with van der Waals surface area (Å²) in [5.74, 6) is 2.38. The average molecular weight is 264 g/mol. The fourth-order valence-electron chi connectivity index (χ4n) is 3.19. The first kappa shape index (κ1) is 14.2. The highest BCUT2D eigenvalue weighted by Gasteiger charge is 2.41. The molecule has 1 N–H and O–H groups in total. The topological polar surface area (TPSA) is 38.7 Å². The van der Waals surface area contributed by atoms with Crippen LogP contribution in [0.25, 0.3) is 0 Å². The number of ether oxygens (including phenoxy) is 2. The summed E-state index contributed by atoms with van der Waals surface area (Å²) in [5, 5.41) is 11.1. The number of benzene rings is 1. The molecule has 1 fully saturated rings. The van der Waals surface area contributed by atoms with Crippen molar-refractivity contribution in [1.82, 2.24) is 0 Å². The van der Waals surface area contributed by atoms with Gasteiger partial charge in [-0.25, -0.2) is 0 Å². The van der Waals surface area contributed by atoms with E-state index in [1.807, 2.05) is 18.2 Å². The quantitative estimate of drug-likeness (QED) is 0.910. The van der Waals surface area contributed by atoms with Gasteiger partial charge in [0.15, 0.2) is 0 Å². The first-order valence-corrected chi connectivity index (χ1v) is 6.96. The van der Waals surface area contributed by atoms with Crippen LogP contribution in [0.4, 0.5) is 0 Å². The van der Waals surface area contributed by atoms with E-state index < -0.39 is 5.60 Å². The van der Waals surface area contributed by atoms with Crippen LogP contribution in [0.5, 0.6) is 11.5 Å². The highest BCUT2D eigenvalue weighted by Crippen LogP contribution is 2.47. The molecule has 1 aromatic rings. The summed E-state index contributed by atoms with van der Waals surface area (Å²) in [6, 6.07) is 5.67. The lowest BCUT2D eigenvalue weighted by atomic mass is 9.69. The lowest BCUT2D eigenvalue weighted by Gasteiger charge is -2.41. The van der Waals surface area contributed by atoms with Gasteiger partial charge in [0.25, 0.3) is 0 Å². The number of hydrogen-bond acceptors (Lipinski definition) is 3. The molecule has 3 heteroatoms. The number of methoxy groups -OCH3 is 2. The normalized spacial score (nSPS) is 31.0. The van der Waals surface area contributed by atoms with Crippen LogP contribution in [-0.2, 0) is 5.60 Å². The molecule has 0 heterocycles. The van der Waals surface area contributed by atoms with Crippen molar-refractivity contribution in [1.29, 1.82) is 0 Å². The SMILES string of the molecule is COc1ccc(C2(O)CCC(C)CC2C)c(OC)c1. The molecule has 0 aliphatic heterocycles. The van der Waals surface area contributed by atoms with E-state index >= 15 is 0 Å². The zero-order valence-corrected chi connectivity index (χ0v) is 12.3. The second-order valence-corrected chi connectivity index (χ2v) is 5.77. The van der Waals surface area contributed by atoms with Crippen molar-refractivity contribution in [2.45, 2.75) is 38.7 Å². The number of hydrogen-bond donors (Lipinski definition) is 1. The zero-order chi connectivity index (χ0) is 14.0. The van der Waals surface area contributed by atoms with Crippen LogP contribution in [0.2, 0.25) is 0 Å². The summed E-state index contributed by atoms with van der Waals surface area (Å²) in [4.78, 5) is 0. The summed E-state index contributed by atoms with van der Waals surface area (Å²) >= 11 is 0. The van der Waals surface area contributed by atoms with E-state index in [0.717, 1.165) is 30.6 Å². The maximum absolute atomic E-state index is 11.1. The van der Waals surface area contributed by atoms with Gasteiger partial charge in [-0.3, -0.25) is 0 Å². The Bertz CT molecular complexity index is 444. The van der Waals surface area contributed by atoms with E-state index in [9.17, 15) is 5.11 Å². The highest BCUT2D eigenvalue weighted by molar-refractivity contribution is 5.44. The molecule has 0 radical (unpaired) electrons. The largest absolute Gasteiger partial charge is 0.497 e. The Morgan fingerprint density at radius 3 is 2.53 bits per heavy atom. The van der Waals surface area contributed by atoms with Crippen molar-refractivity contribution >= 4 is 0 Å². The van der Waals surface area contributed by atoms with E-state index in [0.29, 0.717) is 11.7 Å². The Morgan fingerprint density at radius 2 is 1.95 bits per heavy atom. The summed E-state index contributed by atoms with van der Waals surface area (Å²) in [6.45, 7) is 4.38. The summed E-state index contributed by atoms with van der Waals surface area (Å²) in [6.07, 6.45) is 2.89. The molecule has 3 atom stereocenters. The predicted octanol–water partition coefficient (Wildman–Crippen LogP) is 3.35. The second-order valence-electron chi connectivity index (χ2n) is 5.77. The van der Waals surface area contributed by atoms with Gasteiger partial charge in [-0.15, -0.1) is 0 Å². The molecule has 1 aliphatic carbocycles. The molecule has 3 nitrogen and oxygen atoms in total. The molecule has 3 unspecified atom stereocenters. The van der Waals surface area contributed by atoms with Crippen LogP contribution in [-0.4, -0.2) is 19.3 Å². The minimum absolute atomic E-state index is 0.235. The van der Waals surface area contributed by atoms with E-state index in [1.165, 1.54) is 0 Å². The maximum Gasteiger partial charge on any atom is 0.128 e. The van der Waals surface area contributed by atoms with Gasteiger partial charge >= 0.3 is 0 Å². The highest BCUT2D eigenvalue weighted by atomic mass is 16.5. The number of rotatable bonds is 3. The lowest BCUT2D eigenvalue weighted by Crippen LogP contribution is -2.38. The summed E-state index contributed by atoms with van der Waals surface area (Å²) < 4.78 is 10.7. The molecule has 19 heavy (non-hydrogen) atoms. The van der Waals surface area contributed by atoms with Crippen LogP contribution < -0.4 is 9.47 Å². The van der Waals surface area contributed by atoms with E-state index in [1.54, 1.807) is 14.2 Å². The zero-order valence-electron chi connectivity index (χ0n) is 12.3. The Hall–Kier alpha value is -1.22. The van der Waals surface area contributed by atoms with Crippen LogP contribution in [0, 0.1) is 11.8 Å². The first-order valence-electron chi connectivity index (χ1n) is 6.96. The predicted molar refractivity (Wildman–Crippen MR) is 75.6 cm³/mol. The van der Waals surface area contributed by atoms with Gasteiger partial charge in [0.05, 0.1) is 19.8 Å². The minimum Gasteiger partial charge on any atom is -0.497 e. The average Bonchev–Trinajstić information content (AvgIpc) is 2.42. The monoisotopic (exact) mass is 264 g/mol. The van der Waals surface area contributed by atoms with Gasteiger partial charge < -0.3 is 14.6 Å². The van der Waals surface area contributed by atoms with Crippen LogP contribution in [0.3, 0.4) is 0 Å². The van der Waals surface area contributed by atoms with Crippen LogP contribution in [0.15, 0.2) is 18.2 Å². The van der Waals surface area contributed by atoms with E-state index in [-0.39, 0.29) is 5.92 Å². The van der Waals surface area contributed by atoms with E-state index in [4.69, 9.17) is 9.47 Å². The molecule has 0 amide bonds.